The van der Waals surface area contributed by atoms with E-state index in [0.717, 1.165) is 0 Å². The Morgan fingerprint density at radius 3 is 2.76 bits per heavy atom. The second-order valence-electron chi connectivity index (χ2n) is 5.14. The standard InChI is InChI=1S/C15H19NO4S/c1-12-4-5-13(3-2-8-17)9-15(12)21(19,20)16-7-6-14(10-16)11-18/h4-5,9,14,17-18H,6-8,10-11H2,1H3. The zero-order valence-corrected chi connectivity index (χ0v) is 12.7. The second-order valence-corrected chi connectivity index (χ2v) is 7.05. The maximum atomic E-state index is 12.7. The molecule has 0 spiro atoms. The molecular weight excluding hydrogens is 290 g/mol. The summed E-state index contributed by atoms with van der Waals surface area (Å²) in [5.41, 5.74) is 1.23. The third-order valence-corrected chi connectivity index (χ3v) is 5.63. The van der Waals surface area contributed by atoms with Crippen molar-refractivity contribution in [2.45, 2.75) is 18.2 Å². The molecule has 1 atom stereocenters. The molecule has 21 heavy (non-hydrogen) atoms. The van der Waals surface area contributed by atoms with E-state index in [1.807, 2.05) is 0 Å². The first-order valence-corrected chi connectivity index (χ1v) is 8.24. The maximum Gasteiger partial charge on any atom is 0.243 e. The highest BCUT2D eigenvalue weighted by Crippen LogP contribution is 2.26. The van der Waals surface area contributed by atoms with E-state index in [2.05, 4.69) is 11.8 Å². The van der Waals surface area contributed by atoms with E-state index in [1.54, 1.807) is 25.1 Å². The molecule has 114 valence electrons. The number of rotatable bonds is 3. The Morgan fingerprint density at radius 1 is 1.38 bits per heavy atom. The van der Waals surface area contributed by atoms with Crippen molar-refractivity contribution < 1.29 is 18.6 Å². The van der Waals surface area contributed by atoms with Crippen LogP contribution in [0.5, 0.6) is 0 Å². The predicted molar refractivity (Wildman–Crippen MR) is 79.1 cm³/mol. The van der Waals surface area contributed by atoms with Crippen LogP contribution in [0.4, 0.5) is 0 Å². The lowest BCUT2D eigenvalue weighted by Gasteiger charge is -2.18. The van der Waals surface area contributed by atoms with Crippen LogP contribution in [0.25, 0.3) is 0 Å². The quantitative estimate of drug-likeness (QED) is 0.790. The van der Waals surface area contributed by atoms with Crippen LogP contribution < -0.4 is 0 Å². The van der Waals surface area contributed by atoms with Crippen molar-refractivity contribution in [2.75, 3.05) is 26.3 Å². The predicted octanol–water partition coefficient (Wildman–Crippen LogP) is 0.342. The molecule has 0 aliphatic carbocycles. The monoisotopic (exact) mass is 309 g/mol. The van der Waals surface area contributed by atoms with Crippen LogP contribution in [-0.2, 0) is 10.0 Å². The lowest BCUT2D eigenvalue weighted by Crippen LogP contribution is -2.29. The Kier molecular flexibility index (Phi) is 5.01. The molecule has 0 saturated carbocycles. The van der Waals surface area contributed by atoms with E-state index in [-0.39, 0.29) is 24.0 Å². The second kappa shape index (κ2) is 6.58. The van der Waals surface area contributed by atoms with Gasteiger partial charge in [0.1, 0.15) is 6.61 Å². The highest BCUT2D eigenvalue weighted by molar-refractivity contribution is 7.89. The smallest absolute Gasteiger partial charge is 0.243 e. The van der Waals surface area contributed by atoms with Crippen molar-refractivity contribution in [3.05, 3.63) is 29.3 Å². The molecule has 0 amide bonds. The van der Waals surface area contributed by atoms with Crippen LogP contribution in [0, 0.1) is 24.7 Å². The van der Waals surface area contributed by atoms with Gasteiger partial charge in [-0.1, -0.05) is 17.9 Å². The van der Waals surface area contributed by atoms with Crippen molar-refractivity contribution in [1.82, 2.24) is 4.31 Å². The minimum Gasteiger partial charge on any atom is -0.396 e. The van der Waals surface area contributed by atoms with Crippen molar-refractivity contribution in [1.29, 1.82) is 0 Å². The van der Waals surface area contributed by atoms with Crippen LogP contribution in [0.3, 0.4) is 0 Å². The molecule has 1 fully saturated rings. The average molecular weight is 309 g/mol. The van der Waals surface area contributed by atoms with Gasteiger partial charge in [0.2, 0.25) is 10.0 Å². The fourth-order valence-corrected chi connectivity index (χ4v) is 4.18. The SMILES string of the molecule is Cc1ccc(C#CCO)cc1S(=O)(=O)N1CCC(CO)C1. The van der Waals surface area contributed by atoms with Crippen molar-refractivity contribution in [3.8, 4) is 11.8 Å². The van der Waals surface area contributed by atoms with Crippen LogP contribution in [0.1, 0.15) is 17.5 Å². The van der Waals surface area contributed by atoms with Crippen LogP contribution in [0.2, 0.25) is 0 Å². The first-order valence-electron chi connectivity index (χ1n) is 6.80. The summed E-state index contributed by atoms with van der Waals surface area (Å²) in [5.74, 6) is 5.25. The van der Waals surface area contributed by atoms with Crippen molar-refractivity contribution >= 4 is 10.0 Å². The van der Waals surface area contributed by atoms with E-state index in [1.165, 1.54) is 4.31 Å². The van der Waals surface area contributed by atoms with E-state index in [9.17, 15) is 8.42 Å². The Balaban J connectivity index is 2.35. The minimum atomic E-state index is -3.57. The Labute approximate surface area is 125 Å². The first kappa shape index (κ1) is 16.0. The third kappa shape index (κ3) is 3.44. The molecule has 2 N–H and O–H groups in total. The molecule has 0 aromatic heterocycles. The molecular formula is C15H19NO4S. The molecule has 1 aromatic carbocycles. The third-order valence-electron chi connectivity index (χ3n) is 3.62. The molecule has 5 nitrogen and oxygen atoms in total. The number of hydrogen-bond acceptors (Lipinski definition) is 4. The van der Waals surface area contributed by atoms with Gasteiger partial charge in [0.05, 0.1) is 4.90 Å². The first-order chi connectivity index (χ1) is 9.98. The van der Waals surface area contributed by atoms with Crippen LogP contribution in [-0.4, -0.2) is 49.2 Å². The topological polar surface area (TPSA) is 77.8 Å². The van der Waals surface area contributed by atoms with Gasteiger partial charge in [-0.15, -0.1) is 0 Å². The lowest BCUT2D eigenvalue weighted by molar-refractivity contribution is 0.233. The van der Waals surface area contributed by atoms with E-state index < -0.39 is 10.0 Å². The molecule has 6 heteroatoms. The van der Waals surface area contributed by atoms with Gasteiger partial charge in [-0.2, -0.15) is 4.31 Å². The van der Waals surface area contributed by atoms with Crippen LogP contribution in [0.15, 0.2) is 23.1 Å². The minimum absolute atomic E-state index is 0.00696. The van der Waals surface area contributed by atoms with E-state index >= 15 is 0 Å². The molecule has 1 aromatic rings. The van der Waals surface area contributed by atoms with Gasteiger partial charge < -0.3 is 10.2 Å². The maximum absolute atomic E-state index is 12.7. The van der Waals surface area contributed by atoms with E-state index in [0.29, 0.717) is 30.6 Å². The highest BCUT2D eigenvalue weighted by atomic mass is 32.2. The number of hydrogen-bond donors (Lipinski definition) is 2. The van der Waals surface area contributed by atoms with Gasteiger partial charge in [-0.05, 0) is 37.0 Å². The molecule has 1 saturated heterocycles. The number of aliphatic hydroxyl groups is 2. The number of nitrogens with zero attached hydrogens (tertiary/aromatic N) is 1. The molecule has 1 aliphatic rings. The van der Waals surface area contributed by atoms with Gasteiger partial charge in [-0.25, -0.2) is 8.42 Å². The van der Waals surface area contributed by atoms with Gasteiger partial charge in [0.15, 0.2) is 0 Å². The van der Waals surface area contributed by atoms with Gasteiger partial charge in [0, 0.05) is 25.3 Å². The molecule has 1 unspecified atom stereocenters. The van der Waals surface area contributed by atoms with Gasteiger partial charge >= 0.3 is 0 Å². The highest BCUT2D eigenvalue weighted by Gasteiger charge is 2.33. The average Bonchev–Trinajstić information content (AvgIpc) is 2.96. The Bertz CT molecular complexity index is 673. The molecule has 0 radical (unpaired) electrons. The zero-order valence-electron chi connectivity index (χ0n) is 11.9. The normalized spacial score (nSPS) is 19.3. The summed E-state index contributed by atoms with van der Waals surface area (Å²) < 4.78 is 26.8. The Hall–Kier alpha value is -1.39. The zero-order chi connectivity index (χ0) is 15.5. The number of sulfonamides is 1. The lowest BCUT2D eigenvalue weighted by atomic mass is 10.1. The summed E-state index contributed by atoms with van der Waals surface area (Å²) in [4.78, 5) is 0.242. The van der Waals surface area contributed by atoms with Gasteiger partial charge in [0.25, 0.3) is 0 Å². The fraction of sp³-hybridized carbons (Fsp3) is 0.467. The number of aryl methyl sites for hydroxylation is 1. The summed E-state index contributed by atoms with van der Waals surface area (Å²) in [7, 11) is -3.57. The fourth-order valence-electron chi connectivity index (χ4n) is 2.40. The molecule has 2 rings (SSSR count). The molecule has 1 aliphatic heterocycles. The molecule has 0 bridgehead atoms. The largest absolute Gasteiger partial charge is 0.396 e. The summed E-state index contributed by atoms with van der Waals surface area (Å²) in [6, 6.07) is 4.99. The van der Waals surface area contributed by atoms with Crippen LogP contribution >= 0.6 is 0 Å². The van der Waals surface area contributed by atoms with E-state index in [4.69, 9.17) is 10.2 Å². The Morgan fingerprint density at radius 2 is 2.14 bits per heavy atom. The van der Waals surface area contributed by atoms with Crippen molar-refractivity contribution in [2.24, 2.45) is 5.92 Å². The summed E-state index contributed by atoms with van der Waals surface area (Å²) in [5, 5.41) is 17.9. The number of aliphatic hydroxyl groups excluding tert-OH is 2. The van der Waals surface area contributed by atoms with Gasteiger partial charge in [-0.3, -0.25) is 0 Å². The molecule has 1 heterocycles. The summed E-state index contributed by atoms with van der Waals surface area (Å²) in [6.45, 7) is 2.27. The summed E-state index contributed by atoms with van der Waals surface area (Å²) in [6.07, 6.45) is 0.679. The van der Waals surface area contributed by atoms with Crippen molar-refractivity contribution in [3.63, 3.8) is 0 Å². The number of benzene rings is 1. The summed E-state index contributed by atoms with van der Waals surface area (Å²) >= 11 is 0.